The van der Waals surface area contributed by atoms with Crippen LogP contribution in [0, 0.1) is 0 Å². The Labute approximate surface area is 150 Å². The van der Waals surface area contributed by atoms with Gasteiger partial charge in [-0.25, -0.2) is 19.9 Å². The van der Waals surface area contributed by atoms with E-state index in [-0.39, 0.29) is 11.7 Å². The van der Waals surface area contributed by atoms with Crippen LogP contribution in [0.15, 0.2) is 36.9 Å². The van der Waals surface area contributed by atoms with Crippen LogP contribution in [0.5, 0.6) is 5.88 Å². The molecule has 1 saturated carbocycles. The smallest absolute Gasteiger partial charge is 0.293 e. The summed E-state index contributed by atoms with van der Waals surface area (Å²) in [6, 6.07) is 5.34. The fourth-order valence-electron chi connectivity index (χ4n) is 2.65. The molecule has 0 bridgehead atoms. The molecule has 0 radical (unpaired) electrons. The third-order valence-electron chi connectivity index (χ3n) is 4.23. The molecule has 0 saturated heterocycles. The lowest BCUT2D eigenvalue weighted by atomic mass is 10.2. The summed E-state index contributed by atoms with van der Waals surface area (Å²) in [5.41, 5.74) is 2.99. The van der Waals surface area contributed by atoms with E-state index in [4.69, 9.17) is 4.74 Å². The van der Waals surface area contributed by atoms with Gasteiger partial charge in [0.15, 0.2) is 0 Å². The molecule has 1 aliphatic carbocycles. The average Bonchev–Trinajstić information content (AvgIpc) is 3.43. The number of ether oxygens (including phenoxy) is 1. The number of carbonyl (C=O) groups is 1. The first-order valence-electron chi connectivity index (χ1n) is 8.31. The average molecular weight is 350 g/mol. The van der Waals surface area contributed by atoms with Gasteiger partial charge in [-0.15, -0.1) is 0 Å². The Bertz CT molecular complexity index is 947. The zero-order valence-electron chi connectivity index (χ0n) is 14.5. The predicted molar refractivity (Wildman–Crippen MR) is 95.0 cm³/mol. The molecule has 0 aromatic carbocycles. The number of rotatable bonds is 5. The van der Waals surface area contributed by atoms with Crippen LogP contribution in [0.4, 0.5) is 5.69 Å². The Morgan fingerprint density at radius 1 is 1.27 bits per heavy atom. The second kappa shape index (κ2) is 6.55. The van der Waals surface area contributed by atoms with Crippen molar-refractivity contribution in [2.75, 3.05) is 12.4 Å². The highest BCUT2D eigenvalue weighted by Gasteiger charge is 2.27. The van der Waals surface area contributed by atoms with Gasteiger partial charge in [-0.3, -0.25) is 4.79 Å². The summed E-state index contributed by atoms with van der Waals surface area (Å²) in [5, 5.41) is 2.78. The lowest BCUT2D eigenvalue weighted by Gasteiger charge is -2.09. The van der Waals surface area contributed by atoms with Gasteiger partial charge >= 0.3 is 0 Å². The van der Waals surface area contributed by atoms with Crippen molar-refractivity contribution >= 4 is 11.6 Å². The molecular weight excluding hydrogens is 332 g/mol. The second-order valence-electron chi connectivity index (χ2n) is 6.21. The molecule has 26 heavy (non-hydrogen) atoms. The number of pyridine rings is 1. The fraction of sp³-hybridized carbons (Fsp3) is 0.278. The zero-order valence-corrected chi connectivity index (χ0v) is 14.5. The lowest BCUT2D eigenvalue weighted by Crippen LogP contribution is -2.17. The Hall–Kier alpha value is -3.29. The third-order valence-corrected chi connectivity index (χ3v) is 4.23. The number of methoxy groups -OCH3 is 1. The SMILES string of the molecule is COc1ccc(NC(=O)c2nc(-c3cncn3C)cc(C3CC3)n2)cn1. The van der Waals surface area contributed by atoms with E-state index in [2.05, 4.69) is 25.3 Å². The molecule has 8 nitrogen and oxygen atoms in total. The van der Waals surface area contributed by atoms with Crippen LogP contribution in [-0.2, 0) is 7.05 Å². The van der Waals surface area contributed by atoms with E-state index >= 15 is 0 Å². The van der Waals surface area contributed by atoms with E-state index < -0.39 is 0 Å². The van der Waals surface area contributed by atoms with Gasteiger partial charge in [-0.1, -0.05) is 0 Å². The van der Waals surface area contributed by atoms with Crippen LogP contribution in [-0.4, -0.2) is 37.5 Å². The van der Waals surface area contributed by atoms with Crippen molar-refractivity contribution in [3.63, 3.8) is 0 Å². The van der Waals surface area contributed by atoms with E-state index in [9.17, 15) is 4.79 Å². The number of imidazole rings is 1. The third kappa shape index (κ3) is 3.26. The first kappa shape index (κ1) is 16.2. The Morgan fingerprint density at radius 2 is 2.12 bits per heavy atom. The van der Waals surface area contributed by atoms with E-state index in [0.717, 1.165) is 24.2 Å². The topological polar surface area (TPSA) is 94.8 Å². The molecule has 1 fully saturated rings. The van der Waals surface area contributed by atoms with Crippen LogP contribution in [0.3, 0.4) is 0 Å². The minimum absolute atomic E-state index is 0.140. The van der Waals surface area contributed by atoms with Gasteiger partial charge in [0.1, 0.15) is 0 Å². The first-order chi connectivity index (χ1) is 12.6. The molecule has 3 heterocycles. The van der Waals surface area contributed by atoms with Crippen molar-refractivity contribution in [3.05, 3.63) is 48.4 Å². The monoisotopic (exact) mass is 350 g/mol. The molecule has 0 atom stereocenters. The molecule has 132 valence electrons. The van der Waals surface area contributed by atoms with Crippen molar-refractivity contribution in [1.82, 2.24) is 24.5 Å². The molecule has 3 aromatic rings. The number of carbonyl (C=O) groups excluding carboxylic acids is 1. The number of nitrogens with zero attached hydrogens (tertiary/aromatic N) is 5. The summed E-state index contributed by atoms with van der Waals surface area (Å²) >= 11 is 0. The van der Waals surface area contributed by atoms with Gasteiger partial charge < -0.3 is 14.6 Å². The molecular formula is C18H18N6O2. The molecule has 3 aromatic heterocycles. The second-order valence-corrected chi connectivity index (χ2v) is 6.21. The van der Waals surface area contributed by atoms with Crippen molar-refractivity contribution in [1.29, 1.82) is 0 Å². The summed E-state index contributed by atoms with van der Waals surface area (Å²) < 4.78 is 6.89. The number of nitrogens with one attached hydrogen (secondary N) is 1. The number of hydrogen-bond donors (Lipinski definition) is 1. The Kier molecular flexibility index (Phi) is 4.08. The van der Waals surface area contributed by atoms with Crippen LogP contribution >= 0.6 is 0 Å². The summed E-state index contributed by atoms with van der Waals surface area (Å²) in [6.45, 7) is 0. The quantitative estimate of drug-likeness (QED) is 0.759. The summed E-state index contributed by atoms with van der Waals surface area (Å²) in [7, 11) is 3.43. The molecule has 1 aliphatic rings. The molecule has 1 amide bonds. The molecule has 0 unspecified atom stereocenters. The van der Waals surface area contributed by atoms with Crippen molar-refractivity contribution in [3.8, 4) is 17.3 Å². The van der Waals surface area contributed by atoms with Crippen molar-refractivity contribution in [2.45, 2.75) is 18.8 Å². The van der Waals surface area contributed by atoms with Gasteiger partial charge in [0.25, 0.3) is 5.91 Å². The minimum atomic E-state index is -0.372. The number of amides is 1. The van der Waals surface area contributed by atoms with E-state index in [1.165, 1.54) is 13.3 Å². The summed E-state index contributed by atoms with van der Waals surface area (Å²) in [4.78, 5) is 29.8. The van der Waals surface area contributed by atoms with E-state index in [1.54, 1.807) is 24.7 Å². The lowest BCUT2D eigenvalue weighted by molar-refractivity contribution is 0.101. The summed E-state index contributed by atoms with van der Waals surface area (Å²) in [5.74, 6) is 0.650. The van der Waals surface area contributed by atoms with Crippen molar-refractivity contribution in [2.24, 2.45) is 7.05 Å². The van der Waals surface area contributed by atoms with Crippen LogP contribution in [0.2, 0.25) is 0 Å². The number of anilines is 1. The van der Waals surface area contributed by atoms with Gasteiger partial charge in [-0.05, 0) is 25.0 Å². The van der Waals surface area contributed by atoms with Crippen LogP contribution < -0.4 is 10.1 Å². The minimum Gasteiger partial charge on any atom is -0.481 e. The highest BCUT2D eigenvalue weighted by Crippen LogP contribution is 2.39. The first-order valence-corrected chi connectivity index (χ1v) is 8.31. The number of hydrogen-bond acceptors (Lipinski definition) is 6. The normalized spacial score (nSPS) is 13.5. The van der Waals surface area contributed by atoms with Gasteiger partial charge in [0.2, 0.25) is 11.7 Å². The maximum absolute atomic E-state index is 12.7. The highest BCUT2D eigenvalue weighted by molar-refractivity contribution is 6.01. The van der Waals surface area contributed by atoms with Crippen LogP contribution in [0.25, 0.3) is 11.4 Å². The van der Waals surface area contributed by atoms with Crippen LogP contribution in [0.1, 0.15) is 35.1 Å². The van der Waals surface area contributed by atoms with Gasteiger partial charge in [0, 0.05) is 24.7 Å². The Morgan fingerprint density at radius 3 is 2.73 bits per heavy atom. The van der Waals surface area contributed by atoms with Gasteiger partial charge in [0.05, 0.1) is 42.9 Å². The number of aromatic nitrogens is 5. The van der Waals surface area contributed by atoms with Gasteiger partial charge in [-0.2, -0.15) is 0 Å². The molecule has 0 aliphatic heterocycles. The Balaban J connectivity index is 1.65. The predicted octanol–water partition coefficient (Wildman–Crippen LogP) is 2.41. The maximum atomic E-state index is 12.7. The molecule has 1 N–H and O–H groups in total. The van der Waals surface area contributed by atoms with E-state index in [0.29, 0.717) is 23.2 Å². The molecule has 0 spiro atoms. The maximum Gasteiger partial charge on any atom is 0.293 e. The highest BCUT2D eigenvalue weighted by atomic mass is 16.5. The molecule has 4 rings (SSSR count). The van der Waals surface area contributed by atoms with Crippen molar-refractivity contribution < 1.29 is 9.53 Å². The molecule has 8 heteroatoms. The fourth-order valence-corrected chi connectivity index (χ4v) is 2.65. The number of aryl methyl sites for hydroxylation is 1. The largest absolute Gasteiger partial charge is 0.481 e. The van der Waals surface area contributed by atoms with E-state index in [1.807, 2.05) is 17.7 Å². The summed E-state index contributed by atoms with van der Waals surface area (Å²) in [6.07, 6.45) is 7.14. The zero-order chi connectivity index (χ0) is 18.1. The standard InChI is InChI=1S/C18H18N6O2/c1-24-10-19-9-15(24)14-7-13(11-3-4-11)22-17(23-14)18(25)21-12-5-6-16(26-2)20-8-12/h5-11H,3-4H2,1-2H3,(H,21,25).